The third-order valence-electron chi connectivity index (χ3n) is 3.53. The fourth-order valence-corrected chi connectivity index (χ4v) is 3.16. The molecule has 5 heteroatoms. The average Bonchev–Trinajstić information content (AvgIpc) is 2.53. The summed E-state index contributed by atoms with van der Waals surface area (Å²) in [5.74, 6) is 2.37. The van der Waals surface area contributed by atoms with Crippen LogP contribution in [0.25, 0.3) is 0 Å². The molecule has 0 aromatic heterocycles. The van der Waals surface area contributed by atoms with Gasteiger partial charge in [-0.3, -0.25) is 4.79 Å². The smallest absolute Gasteiger partial charge is 0.223 e. The van der Waals surface area contributed by atoms with E-state index in [4.69, 9.17) is 4.74 Å². The summed E-state index contributed by atoms with van der Waals surface area (Å²) in [4.78, 5) is 13.9. The van der Waals surface area contributed by atoms with Crippen molar-refractivity contribution in [3.05, 3.63) is 35.9 Å². The molecule has 0 radical (unpaired) electrons. The van der Waals surface area contributed by atoms with E-state index in [2.05, 4.69) is 5.32 Å². The maximum Gasteiger partial charge on any atom is 0.223 e. The van der Waals surface area contributed by atoms with Gasteiger partial charge in [-0.25, -0.2) is 0 Å². The number of nitrogens with zero attached hydrogens (tertiary/aromatic N) is 1. The lowest BCUT2D eigenvalue weighted by Gasteiger charge is -2.25. The van der Waals surface area contributed by atoms with Gasteiger partial charge in [0.15, 0.2) is 0 Å². The highest BCUT2D eigenvalue weighted by Crippen LogP contribution is 2.11. The van der Waals surface area contributed by atoms with Crippen molar-refractivity contribution in [1.82, 2.24) is 10.2 Å². The fourth-order valence-electron chi connectivity index (χ4n) is 2.21. The SMILES string of the molecule is CN(CCOCc1ccccc1)C(=O)CC1CSCCN1. The number of ether oxygens (including phenoxy) is 1. The predicted molar refractivity (Wildman–Crippen MR) is 87.5 cm³/mol. The Bertz CT molecular complexity index is 422. The standard InChI is InChI=1S/C16H24N2O2S/c1-18(16(19)11-15-13-21-10-7-17-15)8-9-20-12-14-5-3-2-4-6-14/h2-6,15,17H,7-13H2,1H3. The summed E-state index contributed by atoms with van der Waals surface area (Å²) in [6.45, 7) is 2.83. The molecule has 0 bridgehead atoms. The van der Waals surface area contributed by atoms with E-state index >= 15 is 0 Å². The highest BCUT2D eigenvalue weighted by Gasteiger charge is 2.18. The first kappa shape index (κ1) is 16.3. The highest BCUT2D eigenvalue weighted by molar-refractivity contribution is 7.99. The van der Waals surface area contributed by atoms with Crippen molar-refractivity contribution in [2.24, 2.45) is 0 Å². The first-order valence-electron chi connectivity index (χ1n) is 7.42. The molecule has 116 valence electrons. The Morgan fingerprint density at radius 3 is 2.95 bits per heavy atom. The number of rotatable bonds is 7. The van der Waals surface area contributed by atoms with Gasteiger partial charge in [0, 0.05) is 44.1 Å². The molecule has 1 aromatic carbocycles. The molecule has 0 saturated carbocycles. The van der Waals surface area contributed by atoms with Crippen LogP contribution in [0, 0.1) is 0 Å². The largest absolute Gasteiger partial charge is 0.375 e. The van der Waals surface area contributed by atoms with Crippen molar-refractivity contribution in [1.29, 1.82) is 0 Å². The van der Waals surface area contributed by atoms with Crippen molar-refractivity contribution in [3.63, 3.8) is 0 Å². The molecule has 1 fully saturated rings. The molecule has 1 saturated heterocycles. The minimum atomic E-state index is 0.193. The molecule has 1 unspecified atom stereocenters. The lowest BCUT2D eigenvalue weighted by atomic mass is 10.2. The number of likely N-dealkylation sites (N-methyl/N-ethyl adjacent to an activating group) is 1. The van der Waals surface area contributed by atoms with Gasteiger partial charge in [-0.05, 0) is 5.56 Å². The third-order valence-corrected chi connectivity index (χ3v) is 4.66. The van der Waals surface area contributed by atoms with E-state index in [1.165, 1.54) is 0 Å². The molecule has 1 aromatic rings. The van der Waals surface area contributed by atoms with Crippen molar-refractivity contribution >= 4 is 17.7 Å². The van der Waals surface area contributed by atoms with E-state index in [-0.39, 0.29) is 5.91 Å². The maximum absolute atomic E-state index is 12.1. The van der Waals surface area contributed by atoms with Crippen LogP contribution in [0.4, 0.5) is 0 Å². The van der Waals surface area contributed by atoms with Gasteiger partial charge in [0.25, 0.3) is 0 Å². The second-order valence-electron chi connectivity index (χ2n) is 5.28. The molecular weight excluding hydrogens is 284 g/mol. The van der Waals surface area contributed by atoms with Crippen LogP contribution in [-0.2, 0) is 16.1 Å². The Kier molecular flexibility index (Phi) is 7.06. The topological polar surface area (TPSA) is 41.6 Å². The lowest BCUT2D eigenvalue weighted by Crippen LogP contribution is -2.42. The lowest BCUT2D eigenvalue weighted by molar-refractivity contribution is -0.131. The zero-order valence-corrected chi connectivity index (χ0v) is 13.4. The first-order chi connectivity index (χ1) is 10.3. The Balaban J connectivity index is 1.60. The molecule has 1 N–H and O–H groups in total. The van der Waals surface area contributed by atoms with Crippen molar-refractivity contribution in [2.75, 3.05) is 38.2 Å². The van der Waals surface area contributed by atoms with Crippen LogP contribution in [0.1, 0.15) is 12.0 Å². The molecule has 1 aliphatic rings. The van der Waals surface area contributed by atoms with Gasteiger partial charge >= 0.3 is 0 Å². The zero-order chi connectivity index (χ0) is 14.9. The highest BCUT2D eigenvalue weighted by atomic mass is 32.2. The average molecular weight is 308 g/mol. The van der Waals surface area contributed by atoms with Crippen LogP contribution in [0.15, 0.2) is 30.3 Å². The number of hydrogen-bond donors (Lipinski definition) is 1. The molecule has 1 heterocycles. The summed E-state index contributed by atoms with van der Waals surface area (Å²) < 4.78 is 5.62. The third kappa shape index (κ3) is 6.08. The molecule has 1 atom stereocenters. The van der Waals surface area contributed by atoms with Crippen LogP contribution in [0.3, 0.4) is 0 Å². The van der Waals surface area contributed by atoms with Gasteiger partial charge < -0.3 is 15.0 Å². The molecule has 0 spiro atoms. The van der Waals surface area contributed by atoms with Crippen molar-refractivity contribution in [2.45, 2.75) is 19.1 Å². The van der Waals surface area contributed by atoms with Crippen LogP contribution in [0.2, 0.25) is 0 Å². The maximum atomic E-state index is 12.1. The molecular formula is C16H24N2O2S. The summed E-state index contributed by atoms with van der Waals surface area (Å²) in [7, 11) is 1.85. The number of hydrogen-bond acceptors (Lipinski definition) is 4. The van der Waals surface area contributed by atoms with E-state index in [0.717, 1.165) is 23.6 Å². The van der Waals surface area contributed by atoms with Crippen LogP contribution >= 0.6 is 11.8 Å². The van der Waals surface area contributed by atoms with Gasteiger partial charge in [-0.15, -0.1) is 0 Å². The normalized spacial score (nSPS) is 18.4. The van der Waals surface area contributed by atoms with E-state index < -0.39 is 0 Å². The Labute approximate surface area is 131 Å². The minimum Gasteiger partial charge on any atom is -0.375 e. The van der Waals surface area contributed by atoms with Gasteiger partial charge in [-0.1, -0.05) is 30.3 Å². The summed E-state index contributed by atoms with van der Waals surface area (Å²) in [6, 6.07) is 10.4. The molecule has 1 aliphatic heterocycles. The molecule has 21 heavy (non-hydrogen) atoms. The van der Waals surface area contributed by atoms with Gasteiger partial charge in [0.05, 0.1) is 13.2 Å². The number of benzene rings is 1. The summed E-state index contributed by atoms with van der Waals surface area (Å²) in [6.07, 6.45) is 0.586. The summed E-state index contributed by atoms with van der Waals surface area (Å²) in [5, 5.41) is 3.39. The quantitative estimate of drug-likeness (QED) is 0.779. The Morgan fingerprint density at radius 2 is 2.24 bits per heavy atom. The van der Waals surface area contributed by atoms with Crippen LogP contribution < -0.4 is 5.32 Å². The fraction of sp³-hybridized carbons (Fsp3) is 0.562. The van der Waals surface area contributed by atoms with Gasteiger partial charge in [-0.2, -0.15) is 11.8 Å². The van der Waals surface area contributed by atoms with E-state index in [9.17, 15) is 4.79 Å². The molecule has 1 amide bonds. The monoisotopic (exact) mass is 308 g/mol. The predicted octanol–water partition coefficient (Wildman–Crippen LogP) is 1.76. The van der Waals surface area contributed by atoms with Crippen molar-refractivity contribution in [3.8, 4) is 0 Å². The minimum absolute atomic E-state index is 0.193. The van der Waals surface area contributed by atoms with E-state index in [0.29, 0.717) is 32.2 Å². The van der Waals surface area contributed by atoms with Gasteiger partial charge in [0.2, 0.25) is 5.91 Å². The second kappa shape index (κ2) is 9.07. The van der Waals surface area contributed by atoms with E-state index in [1.54, 1.807) is 4.90 Å². The van der Waals surface area contributed by atoms with Gasteiger partial charge in [0.1, 0.15) is 0 Å². The van der Waals surface area contributed by atoms with E-state index in [1.807, 2.05) is 49.1 Å². The summed E-state index contributed by atoms with van der Waals surface area (Å²) >= 11 is 1.92. The Morgan fingerprint density at radius 1 is 1.43 bits per heavy atom. The number of amides is 1. The second-order valence-corrected chi connectivity index (χ2v) is 6.43. The number of carbonyl (C=O) groups excluding carboxylic acids is 1. The summed E-state index contributed by atoms with van der Waals surface area (Å²) in [5.41, 5.74) is 1.16. The number of carbonyl (C=O) groups is 1. The first-order valence-corrected chi connectivity index (χ1v) is 8.58. The zero-order valence-electron chi connectivity index (χ0n) is 12.6. The number of nitrogens with one attached hydrogen (secondary N) is 1. The van der Waals surface area contributed by atoms with Crippen molar-refractivity contribution < 1.29 is 9.53 Å². The number of thioether (sulfide) groups is 1. The van der Waals surface area contributed by atoms with Crippen LogP contribution in [0.5, 0.6) is 0 Å². The molecule has 4 nitrogen and oxygen atoms in total. The Hall–Kier alpha value is -1.04. The molecule has 0 aliphatic carbocycles. The molecule has 2 rings (SSSR count). The van der Waals surface area contributed by atoms with Crippen LogP contribution in [-0.4, -0.2) is 55.1 Å².